The van der Waals surface area contributed by atoms with Gasteiger partial charge in [-0.1, -0.05) is 42.5 Å². The average molecular weight is 350 g/mol. The second kappa shape index (κ2) is 5.78. The van der Waals surface area contributed by atoms with Crippen LogP contribution in [0.1, 0.15) is 0 Å². The molecule has 0 spiro atoms. The molecule has 4 aromatic rings. The molecule has 0 fully saturated rings. The maximum atomic E-state index is 12.0. The van der Waals surface area contributed by atoms with E-state index in [0.717, 1.165) is 17.4 Å². The highest BCUT2D eigenvalue weighted by molar-refractivity contribution is 7.90. The van der Waals surface area contributed by atoms with E-state index in [0.29, 0.717) is 16.9 Å². The molecule has 6 nitrogen and oxygen atoms in total. The number of nitrogens with zero attached hydrogens (tertiary/aromatic N) is 4. The summed E-state index contributed by atoms with van der Waals surface area (Å²) < 4.78 is 25.5. The van der Waals surface area contributed by atoms with E-state index in [1.807, 2.05) is 36.4 Å². The van der Waals surface area contributed by atoms with Gasteiger partial charge >= 0.3 is 0 Å². The first-order valence-corrected chi connectivity index (χ1v) is 9.49. The number of benzene rings is 2. The Morgan fingerprint density at radius 2 is 1.48 bits per heavy atom. The standard InChI is InChI=1S/C18H14N4O2S/c1-25(23,24)17-15-9-5-6-10-16(15)22(21-17)18-19-11-14(12-20-18)13-7-3-2-4-8-13/h2-12H,1H3. The summed E-state index contributed by atoms with van der Waals surface area (Å²) >= 11 is 0. The molecule has 0 radical (unpaired) electrons. The molecule has 2 heterocycles. The average Bonchev–Trinajstić information content (AvgIpc) is 3.03. The number of rotatable bonds is 3. The smallest absolute Gasteiger partial charge is 0.222 e. The Balaban J connectivity index is 1.86. The van der Waals surface area contributed by atoms with Crippen LogP contribution in [-0.2, 0) is 9.84 Å². The van der Waals surface area contributed by atoms with Gasteiger partial charge in [0.2, 0.25) is 0 Å². The summed E-state index contributed by atoms with van der Waals surface area (Å²) in [5, 5.41) is 4.82. The van der Waals surface area contributed by atoms with Crippen molar-refractivity contribution in [1.29, 1.82) is 0 Å². The zero-order valence-electron chi connectivity index (χ0n) is 13.4. The summed E-state index contributed by atoms with van der Waals surface area (Å²) in [6.45, 7) is 0. The van der Waals surface area contributed by atoms with Crippen LogP contribution in [0, 0.1) is 0 Å². The van der Waals surface area contributed by atoms with Crippen molar-refractivity contribution in [3.05, 3.63) is 67.0 Å². The summed E-state index contributed by atoms with van der Waals surface area (Å²) in [5.41, 5.74) is 2.54. The summed E-state index contributed by atoms with van der Waals surface area (Å²) in [6, 6.07) is 16.9. The normalized spacial score (nSPS) is 11.7. The zero-order chi connectivity index (χ0) is 17.4. The van der Waals surface area contributed by atoms with Crippen LogP contribution in [0.2, 0.25) is 0 Å². The lowest BCUT2D eigenvalue weighted by atomic mass is 10.1. The molecule has 25 heavy (non-hydrogen) atoms. The first-order chi connectivity index (χ1) is 12.0. The van der Waals surface area contributed by atoms with Crippen molar-refractivity contribution in [2.75, 3.05) is 6.26 Å². The fourth-order valence-electron chi connectivity index (χ4n) is 2.67. The zero-order valence-corrected chi connectivity index (χ0v) is 14.2. The molecule has 0 amide bonds. The van der Waals surface area contributed by atoms with E-state index in [1.165, 1.54) is 4.68 Å². The lowest BCUT2D eigenvalue weighted by Gasteiger charge is -2.03. The second-order valence-corrected chi connectivity index (χ2v) is 7.58. The topological polar surface area (TPSA) is 77.7 Å². The van der Waals surface area contributed by atoms with Crippen LogP contribution in [0.5, 0.6) is 0 Å². The van der Waals surface area contributed by atoms with Crippen LogP contribution in [0.25, 0.3) is 28.0 Å². The summed E-state index contributed by atoms with van der Waals surface area (Å²) in [5.74, 6) is 0.325. The molecule has 7 heteroatoms. The molecule has 0 unspecified atom stereocenters. The van der Waals surface area contributed by atoms with E-state index < -0.39 is 9.84 Å². The van der Waals surface area contributed by atoms with Gasteiger partial charge in [0.15, 0.2) is 14.9 Å². The SMILES string of the molecule is CS(=O)(=O)c1nn(-c2ncc(-c3ccccc3)cn2)c2ccccc12. The second-order valence-electron chi connectivity index (χ2n) is 5.64. The number of sulfone groups is 1. The first-order valence-electron chi connectivity index (χ1n) is 7.60. The number of hydrogen-bond donors (Lipinski definition) is 0. The van der Waals surface area contributed by atoms with E-state index in [9.17, 15) is 8.42 Å². The third-order valence-electron chi connectivity index (χ3n) is 3.84. The molecule has 0 N–H and O–H groups in total. The predicted molar refractivity (Wildman–Crippen MR) is 95.2 cm³/mol. The molecule has 0 atom stereocenters. The Labute approximate surface area is 144 Å². The lowest BCUT2D eigenvalue weighted by Crippen LogP contribution is -2.05. The highest BCUT2D eigenvalue weighted by atomic mass is 32.2. The highest BCUT2D eigenvalue weighted by Crippen LogP contribution is 2.24. The summed E-state index contributed by atoms with van der Waals surface area (Å²) in [7, 11) is -3.46. The Morgan fingerprint density at radius 3 is 2.16 bits per heavy atom. The van der Waals surface area contributed by atoms with Crippen molar-refractivity contribution in [3.8, 4) is 17.1 Å². The monoisotopic (exact) mass is 350 g/mol. The minimum atomic E-state index is -3.46. The van der Waals surface area contributed by atoms with Gasteiger partial charge in [0.1, 0.15) is 0 Å². The van der Waals surface area contributed by atoms with Crippen molar-refractivity contribution >= 4 is 20.7 Å². The van der Waals surface area contributed by atoms with Crippen LogP contribution in [0.4, 0.5) is 0 Å². The van der Waals surface area contributed by atoms with Gasteiger partial charge in [-0.25, -0.2) is 18.4 Å². The van der Waals surface area contributed by atoms with Gasteiger partial charge in [-0.3, -0.25) is 0 Å². The Hall–Kier alpha value is -3.06. The van der Waals surface area contributed by atoms with Crippen LogP contribution in [0.15, 0.2) is 72.0 Å². The molecular formula is C18H14N4O2S. The van der Waals surface area contributed by atoms with Crippen molar-refractivity contribution in [2.24, 2.45) is 0 Å². The molecule has 0 saturated carbocycles. The van der Waals surface area contributed by atoms with Gasteiger partial charge in [0.05, 0.1) is 5.52 Å². The predicted octanol–water partition coefficient (Wildman–Crippen LogP) is 2.89. The van der Waals surface area contributed by atoms with Gasteiger partial charge < -0.3 is 0 Å². The van der Waals surface area contributed by atoms with Gasteiger partial charge in [0, 0.05) is 29.6 Å². The minimum absolute atomic E-state index is 0.0267. The number of para-hydroxylation sites is 1. The molecular weight excluding hydrogens is 336 g/mol. The van der Waals surface area contributed by atoms with Crippen LogP contribution >= 0.6 is 0 Å². The quantitative estimate of drug-likeness (QED) is 0.568. The molecule has 4 rings (SSSR count). The van der Waals surface area contributed by atoms with Gasteiger partial charge in [-0.05, 0) is 17.7 Å². The van der Waals surface area contributed by atoms with Gasteiger partial charge in [-0.15, -0.1) is 0 Å². The maximum Gasteiger partial charge on any atom is 0.251 e. The maximum absolute atomic E-state index is 12.0. The third-order valence-corrected chi connectivity index (χ3v) is 4.84. The largest absolute Gasteiger partial charge is 0.251 e. The van der Waals surface area contributed by atoms with E-state index >= 15 is 0 Å². The van der Waals surface area contributed by atoms with E-state index in [2.05, 4.69) is 15.1 Å². The molecule has 124 valence electrons. The Morgan fingerprint density at radius 1 is 0.840 bits per heavy atom. The summed E-state index contributed by atoms with van der Waals surface area (Å²) in [4.78, 5) is 8.73. The van der Waals surface area contributed by atoms with Crippen molar-refractivity contribution in [3.63, 3.8) is 0 Å². The Bertz CT molecular complexity index is 1150. The van der Waals surface area contributed by atoms with Gasteiger partial charge in [0.25, 0.3) is 5.95 Å². The highest BCUT2D eigenvalue weighted by Gasteiger charge is 2.20. The van der Waals surface area contributed by atoms with E-state index in [1.54, 1.807) is 30.6 Å². The molecule has 0 saturated heterocycles. The fraction of sp³-hybridized carbons (Fsp3) is 0.0556. The minimum Gasteiger partial charge on any atom is -0.222 e. The molecule has 0 bridgehead atoms. The van der Waals surface area contributed by atoms with Crippen molar-refractivity contribution < 1.29 is 8.42 Å². The number of fused-ring (bicyclic) bond motifs is 1. The van der Waals surface area contributed by atoms with Crippen molar-refractivity contribution in [1.82, 2.24) is 19.7 Å². The first kappa shape index (κ1) is 15.5. The fourth-order valence-corrected chi connectivity index (χ4v) is 3.48. The number of hydrogen-bond acceptors (Lipinski definition) is 5. The third kappa shape index (κ3) is 2.78. The van der Waals surface area contributed by atoms with Crippen LogP contribution in [-0.4, -0.2) is 34.4 Å². The van der Waals surface area contributed by atoms with Crippen LogP contribution < -0.4 is 0 Å². The molecule has 2 aromatic carbocycles. The molecule has 2 aromatic heterocycles. The molecule has 0 aliphatic rings. The van der Waals surface area contributed by atoms with E-state index in [4.69, 9.17) is 0 Å². The van der Waals surface area contributed by atoms with Crippen molar-refractivity contribution in [2.45, 2.75) is 5.03 Å². The van der Waals surface area contributed by atoms with Crippen LogP contribution in [0.3, 0.4) is 0 Å². The molecule has 0 aliphatic heterocycles. The summed E-state index contributed by atoms with van der Waals surface area (Å²) in [6.07, 6.45) is 4.55. The van der Waals surface area contributed by atoms with E-state index in [-0.39, 0.29) is 5.03 Å². The van der Waals surface area contributed by atoms with Gasteiger partial charge in [-0.2, -0.15) is 9.78 Å². The lowest BCUT2D eigenvalue weighted by molar-refractivity contribution is 0.596. The Kier molecular flexibility index (Phi) is 3.58. The number of aromatic nitrogens is 4. The molecule has 0 aliphatic carbocycles.